The van der Waals surface area contributed by atoms with E-state index in [9.17, 15) is 14.4 Å². The van der Waals surface area contributed by atoms with Crippen LogP contribution in [0.15, 0.2) is 14.4 Å². The summed E-state index contributed by atoms with van der Waals surface area (Å²) in [7, 11) is 0. The van der Waals surface area contributed by atoms with E-state index in [-0.39, 0.29) is 25.6 Å². The zero-order valence-electron chi connectivity index (χ0n) is 11.8. The molecule has 6 heteroatoms. The van der Waals surface area contributed by atoms with Crippen LogP contribution in [-0.2, 0) is 0 Å². The highest BCUT2D eigenvalue weighted by molar-refractivity contribution is 4.84. The molecule has 0 amide bonds. The number of hydrogen-bond acceptors (Lipinski definition) is 3. The summed E-state index contributed by atoms with van der Waals surface area (Å²) in [5, 5.41) is 0. The summed E-state index contributed by atoms with van der Waals surface area (Å²) in [4.78, 5) is 36.5. The molecule has 0 aliphatic heterocycles. The second-order valence-electron chi connectivity index (χ2n) is 5.24. The minimum atomic E-state index is -0.535. The summed E-state index contributed by atoms with van der Waals surface area (Å²) in [6, 6.07) is -0.832. The molecule has 0 bridgehead atoms. The molecular weight excluding hydrogens is 246 g/mol. The van der Waals surface area contributed by atoms with E-state index in [0.717, 1.165) is 13.7 Å². The maximum absolute atomic E-state index is 12.2. The Balaban J connectivity index is 0.00000324. The summed E-state index contributed by atoms with van der Waals surface area (Å²) >= 11 is 0. The van der Waals surface area contributed by atoms with Crippen LogP contribution < -0.4 is 17.1 Å². The summed E-state index contributed by atoms with van der Waals surface area (Å²) in [6.07, 6.45) is 0. The van der Waals surface area contributed by atoms with Crippen molar-refractivity contribution in [1.82, 2.24) is 13.7 Å². The zero-order valence-corrected chi connectivity index (χ0v) is 11.8. The summed E-state index contributed by atoms with van der Waals surface area (Å²) in [5.74, 6) is 0. The molecular formula is C13H25N3O3. The van der Waals surface area contributed by atoms with Gasteiger partial charge in [0.2, 0.25) is 0 Å². The van der Waals surface area contributed by atoms with Gasteiger partial charge in [0.25, 0.3) is 0 Å². The van der Waals surface area contributed by atoms with E-state index >= 15 is 0 Å². The summed E-state index contributed by atoms with van der Waals surface area (Å²) in [5.41, 5.74) is -1.61. The molecule has 0 spiro atoms. The van der Waals surface area contributed by atoms with Crippen LogP contribution in [0.25, 0.3) is 0 Å². The van der Waals surface area contributed by atoms with Gasteiger partial charge in [0, 0.05) is 18.1 Å². The van der Waals surface area contributed by atoms with Crippen LogP contribution in [0.5, 0.6) is 0 Å². The SMILES string of the molecule is C.CC(C)n1c(=O)n(C(C)C)c(=O)n(C(C)C)c1=O. The Morgan fingerprint density at radius 3 is 0.842 bits per heavy atom. The van der Waals surface area contributed by atoms with E-state index in [1.165, 1.54) is 0 Å². The van der Waals surface area contributed by atoms with E-state index in [1.54, 1.807) is 41.5 Å². The lowest BCUT2D eigenvalue weighted by molar-refractivity contribution is 0.378. The molecule has 0 saturated heterocycles. The van der Waals surface area contributed by atoms with Gasteiger partial charge < -0.3 is 0 Å². The highest BCUT2D eigenvalue weighted by atomic mass is 16.2. The molecule has 0 saturated carbocycles. The maximum atomic E-state index is 12.2. The number of nitrogens with zero attached hydrogens (tertiary/aromatic N) is 3. The van der Waals surface area contributed by atoms with Crippen molar-refractivity contribution < 1.29 is 0 Å². The summed E-state index contributed by atoms with van der Waals surface area (Å²) in [6.45, 7) is 10.5. The van der Waals surface area contributed by atoms with Gasteiger partial charge >= 0.3 is 17.1 Å². The van der Waals surface area contributed by atoms with Crippen molar-refractivity contribution >= 4 is 0 Å². The minimum absolute atomic E-state index is 0. The van der Waals surface area contributed by atoms with Crippen LogP contribution in [-0.4, -0.2) is 13.7 Å². The normalized spacial score (nSPS) is 11.2. The molecule has 0 unspecified atom stereocenters. The number of rotatable bonds is 3. The first-order chi connectivity index (χ1) is 8.20. The van der Waals surface area contributed by atoms with Gasteiger partial charge in [-0.2, -0.15) is 0 Å². The Labute approximate surface area is 113 Å². The van der Waals surface area contributed by atoms with Crippen LogP contribution >= 0.6 is 0 Å². The van der Waals surface area contributed by atoms with Gasteiger partial charge in [0.05, 0.1) is 0 Å². The van der Waals surface area contributed by atoms with E-state index in [4.69, 9.17) is 0 Å². The fraction of sp³-hybridized carbons (Fsp3) is 0.769. The van der Waals surface area contributed by atoms with Gasteiger partial charge in [-0.1, -0.05) is 7.43 Å². The second-order valence-corrected chi connectivity index (χ2v) is 5.24. The van der Waals surface area contributed by atoms with Crippen molar-refractivity contribution in [3.63, 3.8) is 0 Å². The highest BCUT2D eigenvalue weighted by Gasteiger charge is 2.19. The maximum Gasteiger partial charge on any atom is 0.336 e. The van der Waals surface area contributed by atoms with Crippen LogP contribution in [0.2, 0.25) is 0 Å². The van der Waals surface area contributed by atoms with Crippen LogP contribution in [0.3, 0.4) is 0 Å². The highest BCUT2D eigenvalue weighted by Crippen LogP contribution is 2.00. The van der Waals surface area contributed by atoms with Gasteiger partial charge in [0.15, 0.2) is 0 Å². The lowest BCUT2D eigenvalue weighted by Crippen LogP contribution is -2.55. The van der Waals surface area contributed by atoms with Crippen molar-refractivity contribution in [1.29, 1.82) is 0 Å². The third kappa shape index (κ3) is 2.88. The van der Waals surface area contributed by atoms with Crippen molar-refractivity contribution in [2.75, 3.05) is 0 Å². The third-order valence-electron chi connectivity index (χ3n) is 2.79. The van der Waals surface area contributed by atoms with Crippen molar-refractivity contribution in [2.24, 2.45) is 0 Å². The van der Waals surface area contributed by atoms with Crippen molar-refractivity contribution in [3.05, 3.63) is 31.5 Å². The van der Waals surface area contributed by atoms with Crippen LogP contribution in [0.1, 0.15) is 67.1 Å². The molecule has 1 aromatic rings. The molecule has 0 fully saturated rings. The molecule has 0 aromatic carbocycles. The van der Waals surface area contributed by atoms with E-state index < -0.39 is 17.1 Å². The van der Waals surface area contributed by atoms with Gasteiger partial charge in [-0.25, -0.2) is 28.1 Å². The minimum Gasteiger partial charge on any atom is -0.247 e. The van der Waals surface area contributed by atoms with E-state index in [2.05, 4.69) is 0 Å². The summed E-state index contributed by atoms with van der Waals surface area (Å²) < 4.78 is 3.38. The first-order valence-electron chi connectivity index (χ1n) is 6.19. The Bertz CT molecular complexity index is 487. The fourth-order valence-electron chi connectivity index (χ4n) is 1.92. The topological polar surface area (TPSA) is 66.0 Å². The van der Waals surface area contributed by atoms with Crippen LogP contribution in [0, 0.1) is 0 Å². The zero-order chi connectivity index (χ0) is 14.2. The molecule has 1 heterocycles. The Morgan fingerprint density at radius 2 is 0.737 bits per heavy atom. The molecule has 1 rings (SSSR count). The van der Waals surface area contributed by atoms with Crippen molar-refractivity contribution in [3.8, 4) is 0 Å². The third-order valence-corrected chi connectivity index (χ3v) is 2.79. The molecule has 0 N–H and O–H groups in total. The van der Waals surface area contributed by atoms with Crippen LogP contribution in [0.4, 0.5) is 0 Å². The average Bonchev–Trinajstić information content (AvgIpc) is 2.14. The number of hydrogen-bond donors (Lipinski definition) is 0. The molecule has 6 nitrogen and oxygen atoms in total. The van der Waals surface area contributed by atoms with Gasteiger partial charge in [-0.3, -0.25) is 0 Å². The monoisotopic (exact) mass is 271 g/mol. The largest absolute Gasteiger partial charge is 0.336 e. The average molecular weight is 271 g/mol. The molecule has 0 aliphatic rings. The molecule has 0 radical (unpaired) electrons. The first-order valence-corrected chi connectivity index (χ1v) is 6.19. The lowest BCUT2D eigenvalue weighted by Gasteiger charge is -2.19. The lowest BCUT2D eigenvalue weighted by atomic mass is 10.3. The van der Waals surface area contributed by atoms with E-state index in [1.807, 2.05) is 0 Å². The Morgan fingerprint density at radius 1 is 0.579 bits per heavy atom. The predicted octanol–water partition coefficient (Wildman–Crippen LogP) is 1.55. The van der Waals surface area contributed by atoms with Gasteiger partial charge in [0.1, 0.15) is 0 Å². The second kappa shape index (κ2) is 6.04. The molecule has 0 aliphatic carbocycles. The van der Waals surface area contributed by atoms with Gasteiger partial charge in [-0.05, 0) is 41.5 Å². The molecule has 0 atom stereocenters. The quantitative estimate of drug-likeness (QED) is 0.837. The Hall–Kier alpha value is -1.59. The van der Waals surface area contributed by atoms with Crippen molar-refractivity contribution in [2.45, 2.75) is 67.1 Å². The fourth-order valence-corrected chi connectivity index (χ4v) is 1.92. The predicted molar refractivity (Wildman–Crippen MR) is 77.1 cm³/mol. The molecule has 110 valence electrons. The standard InChI is InChI=1S/C12H21N3O3.CH4/c1-7(2)13-10(16)14(8(3)4)12(18)15(9(5)6)11(13)17;/h7-9H,1-6H3;1H4. The number of aromatic nitrogens is 3. The Kier molecular flexibility index (Phi) is 5.53. The smallest absolute Gasteiger partial charge is 0.247 e. The first kappa shape index (κ1) is 17.4. The van der Waals surface area contributed by atoms with Gasteiger partial charge in [-0.15, -0.1) is 0 Å². The molecule has 19 heavy (non-hydrogen) atoms. The molecule has 1 aromatic heterocycles. The van der Waals surface area contributed by atoms with E-state index in [0.29, 0.717) is 0 Å².